The summed E-state index contributed by atoms with van der Waals surface area (Å²) < 4.78 is 0. The Balaban J connectivity index is 2.22. The van der Waals surface area contributed by atoms with Crippen LogP contribution in [0.3, 0.4) is 0 Å². The summed E-state index contributed by atoms with van der Waals surface area (Å²) in [4.78, 5) is 0. The minimum atomic E-state index is 0.260. The van der Waals surface area contributed by atoms with E-state index in [0.717, 1.165) is 6.54 Å². The number of hydrogen-bond acceptors (Lipinski definition) is 1. The normalized spacial score (nSPS) is 20.0. The highest BCUT2D eigenvalue weighted by Gasteiger charge is 2.53. The van der Waals surface area contributed by atoms with Crippen molar-refractivity contribution in [2.45, 2.75) is 64.7 Å². The third kappa shape index (κ3) is 2.58. The molecule has 1 aromatic rings. The average Bonchev–Trinajstić information content (AvgIpc) is 2.36. The Bertz CT molecular complexity index is 407. The van der Waals surface area contributed by atoms with Gasteiger partial charge in [-0.3, -0.25) is 0 Å². The van der Waals surface area contributed by atoms with Gasteiger partial charge in [0.15, 0.2) is 0 Å². The lowest BCUT2D eigenvalue weighted by Gasteiger charge is -2.57. The summed E-state index contributed by atoms with van der Waals surface area (Å²) in [6, 6.07) is 8.82. The van der Waals surface area contributed by atoms with Crippen molar-refractivity contribution in [3.63, 3.8) is 0 Å². The molecule has 0 saturated heterocycles. The van der Waals surface area contributed by atoms with Crippen molar-refractivity contribution in [3.05, 3.63) is 35.4 Å². The molecule has 1 aliphatic carbocycles. The molecule has 0 unspecified atom stereocenters. The molecule has 2 N–H and O–H groups in total. The summed E-state index contributed by atoms with van der Waals surface area (Å²) in [6.45, 7) is 7.65. The minimum Gasteiger partial charge on any atom is -0.330 e. The molecule has 0 amide bonds. The van der Waals surface area contributed by atoms with E-state index in [9.17, 15) is 0 Å². The molecule has 1 aromatic carbocycles. The van der Waals surface area contributed by atoms with Gasteiger partial charge in [0.2, 0.25) is 0 Å². The highest BCUT2D eigenvalue weighted by atomic mass is 14.7. The van der Waals surface area contributed by atoms with E-state index in [-0.39, 0.29) is 5.41 Å². The van der Waals surface area contributed by atoms with Crippen LogP contribution in [0.4, 0.5) is 0 Å². The van der Waals surface area contributed by atoms with Crippen LogP contribution in [0.5, 0.6) is 0 Å². The molecule has 0 aliphatic heterocycles. The molecular formula is C18H29N. The zero-order valence-electron chi connectivity index (χ0n) is 12.8. The van der Waals surface area contributed by atoms with Crippen LogP contribution in [0.2, 0.25) is 0 Å². The van der Waals surface area contributed by atoms with E-state index in [1.165, 1.54) is 49.7 Å². The van der Waals surface area contributed by atoms with Gasteiger partial charge in [0.05, 0.1) is 0 Å². The quantitative estimate of drug-likeness (QED) is 0.795. The van der Waals surface area contributed by atoms with Crippen LogP contribution in [-0.2, 0) is 5.41 Å². The zero-order valence-corrected chi connectivity index (χ0v) is 12.8. The van der Waals surface area contributed by atoms with Gasteiger partial charge >= 0.3 is 0 Å². The molecule has 19 heavy (non-hydrogen) atoms. The third-order valence-corrected chi connectivity index (χ3v) is 5.09. The van der Waals surface area contributed by atoms with Gasteiger partial charge in [0.25, 0.3) is 0 Å². The Labute approximate surface area is 118 Å². The Morgan fingerprint density at radius 2 is 1.63 bits per heavy atom. The van der Waals surface area contributed by atoms with Gasteiger partial charge in [-0.1, -0.05) is 51.0 Å². The van der Waals surface area contributed by atoms with E-state index >= 15 is 0 Å². The van der Waals surface area contributed by atoms with E-state index in [1.807, 2.05) is 0 Å². The predicted octanol–water partition coefficient (Wildman–Crippen LogP) is 4.57. The monoisotopic (exact) mass is 259 g/mol. The summed E-state index contributed by atoms with van der Waals surface area (Å²) in [7, 11) is 0. The second-order valence-electron chi connectivity index (χ2n) is 6.65. The maximum atomic E-state index is 6.18. The Kier molecular flexibility index (Phi) is 4.35. The zero-order chi connectivity index (χ0) is 13.9. The summed E-state index contributed by atoms with van der Waals surface area (Å²) in [6.07, 6.45) is 7.93. The molecule has 1 aliphatic rings. The SMILES string of the molecule is CCCC1(CCC)CC(CN)(c2ccccc2C)C1. The van der Waals surface area contributed by atoms with Crippen molar-refractivity contribution < 1.29 is 0 Å². The van der Waals surface area contributed by atoms with E-state index in [0.29, 0.717) is 5.41 Å². The maximum Gasteiger partial charge on any atom is 0.00887 e. The van der Waals surface area contributed by atoms with Crippen LogP contribution in [0.1, 0.15) is 63.5 Å². The topological polar surface area (TPSA) is 26.0 Å². The molecule has 1 saturated carbocycles. The first-order valence-corrected chi connectivity index (χ1v) is 7.87. The Hall–Kier alpha value is -0.820. The van der Waals surface area contributed by atoms with Crippen molar-refractivity contribution in [3.8, 4) is 0 Å². The van der Waals surface area contributed by atoms with Crippen LogP contribution in [-0.4, -0.2) is 6.54 Å². The second-order valence-corrected chi connectivity index (χ2v) is 6.65. The Morgan fingerprint density at radius 3 is 2.11 bits per heavy atom. The molecule has 0 bridgehead atoms. The molecule has 0 heterocycles. The maximum absolute atomic E-state index is 6.18. The summed E-state index contributed by atoms with van der Waals surface area (Å²) in [5, 5.41) is 0. The standard InChI is InChI=1S/C18H29N/c1-4-10-17(11-5-2)12-18(13-17,14-19)16-9-7-6-8-15(16)3/h6-9H,4-5,10-14,19H2,1-3H3. The molecular weight excluding hydrogens is 230 g/mol. The summed E-state index contributed by atoms with van der Waals surface area (Å²) in [5.74, 6) is 0. The molecule has 106 valence electrons. The van der Waals surface area contributed by atoms with Crippen LogP contribution < -0.4 is 5.73 Å². The molecule has 0 spiro atoms. The number of aryl methyl sites for hydroxylation is 1. The van der Waals surface area contributed by atoms with Crippen LogP contribution >= 0.6 is 0 Å². The van der Waals surface area contributed by atoms with Gasteiger partial charge in [-0.05, 0) is 49.1 Å². The van der Waals surface area contributed by atoms with Crippen molar-refractivity contribution in [1.82, 2.24) is 0 Å². The average molecular weight is 259 g/mol. The van der Waals surface area contributed by atoms with Crippen molar-refractivity contribution in [2.24, 2.45) is 11.1 Å². The van der Waals surface area contributed by atoms with Crippen LogP contribution in [0.25, 0.3) is 0 Å². The van der Waals surface area contributed by atoms with Gasteiger partial charge in [0.1, 0.15) is 0 Å². The lowest BCUT2D eigenvalue weighted by Crippen LogP contribution is -2.54. The number of hydrogen-bond donors (Lipinski definition) is 1. The second kappa shape index (κ2) is 5.66. The van der Waals surface area contributed by atoms with E-state index < -0.39 is 0 Å². The largest absolute Gasteiger partial charge is 0.330 e. The first kappa shape index (κ1) is 14.6. The number of nitrogens with two attached hydrogens (primary N) is 1. The van der Waals surface area contributed by atoms with Gasteiger partial charge < -0.3 is 5.73 Å². The summed E-state index contributed by atoms with van der Waals surface area (Å²) in [5.41, 5.74) is 9.93. The lowest BCUT2D eigenvalue weighted by molar-refractivity contribution is 0.00750. The molecule has 1 nitrogen and oxygen atoms in total. The summed E-state index contributed by atoms with van der Waals surface area (Å²) >= 11 is 0. The smallest absolute Gasteiger partial charge is 0.00887 e. The van der Waals surface area contributed by atoms with E-state index in [1.54, 1.807) is 0 Å². The molecule has 2 rings (SSSR count). The number of rotatable bonds is 6. The fourth-order valence-corrected chi connectivity index (χ4v) is 4.54. The van der Waals surface area contributed by atoms with Gasteiger partial charge in [-0.25, -0.2) is 0 Å². The fourth-order valence-electron chi connectivity index (χ4n) is 4.54. The van der Waals surface area contributed by atoms with Gasteiger partial charge in [0, 0.05) is 12.0 Å². The highest BCUT2D eigenvalue weighted by molar-refractivity contribution is 5.37. The van der Waals surface area contributed by atoms with E-state index in [2.05, 4.69) is 45.0 Å². The molecule has 1 heteroatoms. The van der Waals surface area contributed by atoms with Gasteiger partial charge in [-0.15, -0.1) is 0 Å². The van der Waals surface area contributed by atoms with Crippen molar-refractivity contribution in [1.29, 1.82) is 0 Å². The van der Waals surface area contributed by atoms with Crippen LogP contribution in [0, 0.1) is 12.3 Å². The molecule has 0 atom stereocenters. The van der Waals surface area contributed by atoms with Crippen molar-refractivity contribution >= 4 is 0 Å². The lowest BCUT2D eigenvalue weighted by atomic mass is 9.47. The molecule has 0 radical (unpaired) electrons. The van der Waals surface area contributed by atoms with Gasteiger partial charge in [-0.2, -0.15) is 0 Å². The first-order valence-electron chi connectivity index (χ1n) is 7.87. The minimum absolute atomic E-state index is 0.260. The first-order chi connectivity index (χ1) is 9.11. The van der Waals surface area contributed by atoms with Crippen LogP contribution in [0.15, 0.2) is 24.3 Å². The number of benzene rings is 1. The predicted molar refractivity (Wildman–Crippen MR) is 83.4 cm³/mol. The molecule has 0 aromatic heterocycles. The third-order valence-electron chi connectivity index (χ3n) is 5.09. The molecule has 1 fully saturated rings. The fraction of sp³-hybridized carbons (Fsp3) is 0.667. The Morgan fingerprint density at radius 1 is 1.05 bits per heavy atom. The van der Waals surface area contributed by atoms with E-state index in [4.69, 9.17) is 5.73 Å². The highest BCUT2D eigenvalue weighted by Crippen LogP contribution is 2.60. The van der Waals surface area contributed by atoms with Crippen molar-refractivity contribution in [2.75, 3.05) is 6.54 Å².